The molecule has 0 aromatic heterocycles. The van der Waals surface area contributed by atoms with Crippen LogP contribution in [0.25, 0.3) is 0 Å². The summed E-state index contributed by atoms with van der Waals surface area (Å²) in [7, 11) is 0. The second-order valence-corrected chi connectivity index (χ2v) is 7.58. The van der Waals surface area contributed by atoms with Crippen molar-refractivity contribution < 1.29 is 19.1 Å². The Morgan fingerprint density at radius 2 is 1.58 bits per heavy atom. The number of hydrogen-bond acceptors (Lipinski definition) is 4. The van der Waals surface area contributed by atoms with Crippen LogP contribution in [0.2, 0.25) is 0 Å². The second kappa shape index (κ2) is 11.7. The number of carbonyl (C=O) groups excluding carboxylic acids is 3. The molecule has 0 aliphatic heterocycles. The molecule has 0 radical (unpaired) electrons. The summed E-state index contributed by atoms with van der Waals surface area (Å²) in [6, 6.07) is 13.2. The van der Waals surface area contributed by atoms with Gasteiger partial charge in [0.1, 0.15) is 5.75 Å². The third-order valence-corrected chi connectivity index (χ3v) is 5.13. The normalized spacial score (nSPS) is 11.4. The number of ether oxygens (including phenoxy) is 1. The van der Waals surface area contributed by atoms with Gasteiger partial charge in [-0.1, -0.05) is 38.1 Å². The Kier molecular flexibility index (Phi) is 9.06. The molecule has 0 spiro atoms. The van der Waals surface area contributed by atoms with Gasteiger partial charge in [-0.3, -0.25) is 25.2 Å². The second-order valence-electron chi connectivity index (χ2n) is 7.58. The van der Waals surface area contributed by atoms with Crippen molar-refractivity contribution in [2.45, 2.75) is 52.9 Å². The molecule has 0 bridgehead atoms. The molecule has 7 nitrogen and oxygen atoms in total. The van der Waals surface area contributed by atoms with Crippen LogP contribution in [0.1, 0.15) is 55.7 Å². The summed E-state index contributed by atoms with van der Waals surface area (Å²) in [5, 5.41) is 2.76. The summed E-state index contributed by atoms with van der Waals surface area (Å²) in [5.74, 6) is -0.236. The molecule has 7 heteroatoms. The third-order valence-electron chi connectivity index (χ3n) is 5.13. The van der Waals surface area contributed by atoms with E-state index in [2.05, 4.69) is 30.0 Å². The van der Waals surface area contributed by atoms with Gasteiger partial charge in [-0.15, -0.1) is 0 Å². The van der Waals surface area contributed by atoms with E-state index in [0.29, 0.717) is 17.4 Å². The average Bonchev–Trinajstić information content (AvgIpc) is 2.77. The third kappa shape index (κ3) is 7.77. The van der Waals surface area contributed by atoms with Crippen molar-refractivity contribution in [2.75, 3.05) is 11.9 Å². The van der Waals surface area contributed by atoms with Crippen LogP contribution in [0, 0.1) is 13.8 Å². The maximum Gasteiger partial charge on any atom is 0.276 e. The minimum Gasteiger partial charge on any atom is -0.483 e. The first kappa shape index (κ1) is 23.9. The van der Waals surface area contributed by atoms with Crippen LogP contribution in [0.15, 0.2) is 42.5 Å². The molecule has 0 saturated carbocycles. The number of hydrazine groups is 1. The zero-order valence-electron chi connectivity index (χ0n) is 18.6. The molecular weight excluding hydrogens is 394 g/mol. The van der Waals surface area contributed by atoms with Crippen LogP contribution < -0.4 is 20.9 Å². The van der Waals surface area contributed by atoms with Crippen molar-refractivity contribution in [3.05, 3.63) is 59.2 Å². The highest BCUT2D eigenvalue weighted by Gasteiger charge is 2.12. The largest absolute Gasteiger partial charge is 0.483 e. The molecule has 2 aromatic rings. The predicted octanol–water partition coefficient (Wildman–Crippen LogP) is 3.76. The fraction of sp³-hybridized carbons (Fsp3) is 0.375. The number of para-hydroxylation sites is 1. The lowest BCUT2D eigenvalue weighted by atomic mass is 9.98. The Morgan fingerprint density at radius 1 is 0.903 bits per heavy atom. The lowest BCUT2D eigenvalue weighted by molar-refractivity contribution is -0.130. The summed E-state index contributed by atoms with van der Waals surface area (Å²) in [5.41, 5.74) is 8.56. The van der Waals surface area contributed by atoms with Crippen LogP contribution >= 0.6 is 0 Å². The van der Waals surface area contributed by atoms with Gasteiger partial charge >= 0.3 is 0 Å². The summed E-state index contributed by atoms with van der Waals surface area (Å²) in [6.07, 6.45) is 0.918. The highest BCUT2D eigenvalue weighted by Crippen LogP contribution is 2.28. The van der Waals surface area contributed by atoms with Crippen molar-refractivity contribution in [1.29, 1.82) is 0 Å². The summed E-state index contributed by atoms with van der Waals surface area (Å²) in [4.78, 5) is 35.9. The fourth-order valence-corrected chi connectivity index (χ4v) is 2.89. The van der Waals surface area contributed by atoms with E-state index in [-0.39, 0.29) is 25.4 Å². The van der Waals surface area contributed by atoms with Crippen molar-refractivity contribution in [1.82, 2.24) is 10.9 Å². The SMILES string of the molecule is CCC(C)c1ccccc1OCC(=O)NNC(=O)CCC(=O)Nc1ccc(C)c(C)c1. The highest BCUT2D eigenvalue weighted by molar-refractivity contribution is 5.93. The number of benzene rings is 2. The van der Waals surface area contributed by atoms with E-state index in [4.69, 9.17) is 4.74 Å². The summed E-state index contributed by atoms with van der Waals surface area (Å²) >= 11 is 0. The van der Waals surface area contributed by atoms with Crippen molar-refractivity contribution >= 4 is 23.4 Å². The maximum atomic E-state index is 12.0. The van der Waals surface area contributed by atoms with E-state index in [0.717, 1.165) is 23.1 Å². The lowest BCUT2D eigenvalue weighted by Crippen LogP contribution is -2.44. The molecule has 2 rings (SSSR count). The maximum absolute atomic E-state index is 12.0. The standard InChI is InChI=1S/C24H31N3O4/c1-5-16(2)20-8-6-7-9-21(20)31-15-24(30)27-26-23(29)13-12-22(28)25-19-11-10-17(3)18(4)14-19/h6-11,14,16H,5,12-13,15H2,1-4H3,(H,25,28)(H,26,29)(H,27,30). The van der Waals surface area contributed by atoms with Crippen molar-refractivity contribution in [3.8, 4) is 5.75 Å². The molecule has 0 heterocycles. The molecule has 31 heavy (non-hydrogen) atoms. The molecule has 1 unspecified atom stereocenters. The number of carbonyl (C=O) groups is 3. The van der Waals surface area contributed by atoms with Crippen LogP contribution in [0.3, 0.4) is 0 Å². The van der Waals surface area contributed by atoms with Crippen molar-refractivity contribution in [2.24, 2.45) is 0 Å². The molecule has 1 atom stereocenters. The highest BCUT2D eigenvalue weighted by atomic mass is 16.5. The quantitative estimate of drug-likeness (QED) is 0.533. The van der Waals surface area contributed by atoms with E-state index >= 15 is 0 Å². The Balaban J connectivity index is 1.70. The number of rotatable bonds is 9. The Labute approximate surface area is 183 Å². The number of nitrogens with one attached hydrogen (secondary N) is 3. The molecule has 3 N–H and O–H groups in total. The summed E-state index contributed by atoms with van der Waals surface area (Å²) < 4.78 is 5.61. The Bertz CT molecular complexity index is 927. The van der Waals surface area contributed by atoms with Gasteiger partial charge in [-0.05, 0) is 61.1 Å². The molecule has 166 valence electrons. The molecule has 0 aliphatic rings. The first-order chi connectivity index (χ1) is 14.8. The zero-order valence-corrected chi connectivity index (χ0v) is 18.6. The fourth-order valence-electron chi connectivity index (χ4n) is 2.89. The van der Waals surface area contributed by atoms with Crippen LogP contribution in [0.5, 0.6) is 5.75 Å². The number of hydrogen-bond donors (Lipinski definition) is 3. The van der Waals surface area contributed by atoms with Crippen molar-refractivity contribution in [3.63, 3.8) is 0 Å². The van der Waals surface area contributed by atoms with Crippen LogP contribution in [0.4, 0.5) is 5.69 Å². The van der Waals surface area contributed by atoms with Gasteiger partial charge in [0.2, 0.25) is 11.8 Å². The van der Waals surface area contributed by atoms with E-state index < -0.39 is 11.8 Å². The molecule has 0 saturated heterocycles. The van der Waals surface area contributed by atoms with Gasteiger partial charge in [0.05, 0.1) is 0 Å². The topological polar surface area (TPSA) is 96.5 Å². The minimum atomic E-state index is -0.480. The number of anilines is 1. The van der Waals surface area contributed by atoms with Crippen LogP contribution in [-0.4, -0.2) is 24.3 Å². The van der Waals surface area contributed by atoms with Gasteiger partial charge in [-0.2, -0.15) is 0 Å². The average molecular weight is 426 g/mol. The first-order valence-electron chi connectivity index (χ1n) is 10.5. The number of amides is 3. The van der Waals surface area contributed by atoms with Gasteiger partial charge < -0.3 is 10.1 Å². The predicted molar refractivity (Wildman–Crippen MR) is 121 cm³/mol. The first-order valence-corrected chi connectivity index (χ1v) is 10.5. The van der Waals surface area contributed by atoms with E-state index in [1.54, 1.807) is 0 Å². The van der Waals surface area contributed by atoms with Crippen LogP contribution in [-0.2, 0) is 14.4 Å². The molecule has 0 aliphatic carbocycles. The smallest absolute Gasteiger partial charge is 0.276 e. The Hall–Kier alpha value is -3.35. The molecule has 0 fully saturated rings. The monoisotopic (exact) mass is 425 g/mol. The van der Waals surface area contributed by atoms with Gasteiger partial charge in [-0.25, -0.2) is 0 Å². The minimum absolute atomic E-state index is 0.00735. The number of aryl methyl sites for hydroxylation is 2. The van der Waals surface area contributed by atoms with Gasteiger partial charge in [0.25, 0.3) is 5.91 Å². The van der Waals surface area contributed by atoms with E-state index in [9.17, 15) is 14.4 Å². The Morgan fingerprint density at radius 3 is 2.29 bits per heavy atom. The molecular formula is C24H31N3O4. The lowest BCUT2D eigenvalue weighted by Gasteiger charge is -2.15. The zero-order chi connectivity index (χ0) is 22.8. The van der Waals surface area contributed by atoms with E-state index in [1.165, 1.54) is 0 Å². The van der Waals surface area contributed by atoms with E-state index in [1.807, 2.05) is 56.3 Å². The van der Waals surface area contributed by atoms with Gasteiger partial charge in [0.15, 0.2) is 6.61 Å². The molecule has 3 amide bonds. The molecule has 2 aromatic carbocycles. The van der Waals surface area contributed by atoms with Gasteiger partial charge in [0, 0.05) is 18.5 Å². The summed E-state index contributed by atoms with van der Waals surface area (Å²) in [6.45, 7) is 7.92.